The molecule has 57 heavy (non-hydrogen) atoms. The lowest BCUT2D eigenvalue weighted by atomic mass is 9.98. The van der Waals surface area contributed by atoms with E-state index in [1.807, 2.05) is 6.92 Å². The molecule has 15 unspecified atom stereocenters. The molecule has 3 fully saturated rings. The number of allylic oxidation sites excluding steroid dienone is 12. The van der Waals surface area contributed by atoms with Crippen LogP contribution in [0, 0.1) is 0 Å². The number of carbonyl (C=O) groups excluding carboxylic acids is 2. The van der Waals surface area contributed by atoms with Crippen LogP contribution in [-0.4, -0.2) is 180 Å². The molecular weight excluding hydrogens is 760 g/mol. The second kappa shape index (κ2) is 22.6. The topological polar surface area (TPSA) is 312 Å². The first-order valence-corrected chi connectivity index (χ1v) is 18.0. The molecule has 0 spiro atoms. The number of aliphatic hydroxyl groups excluding tert-OH is 11. The molecule has 0 radical (unpaired) electrons. The smallest absolute Gasteiger partial charge is 0.336 e. The Morgan fingerprint density at radius 3 is 1.23 bits per heavy atom. The van der Waals surface area contributed by atoms with E-state index in [0.717, 1.165) is 11.1 Å². The Hall–Kier alpha value is -3.48. The average molecular weight is 815 g/mol. The van der Waals surface area contributed by atoms with Gasteiger partial charge in [-0.2, -0.15) is 0 Å². The molecule has 0 aromatic heterocycles. The van der Waals surface area contributed by atoms with Crippen LogP contribution in [-0.2, 0) is 38.0 Å². The van der Waals surface area contributed by atoms with E-state index in [1.54, 1.807) is 55.5 Å². The van der Waals surface area contributed by atoms with E-state index in [1.165, 1.54) is 26.0 Å². The summed E-state index contributed by atoms with van der Waals surface area (Å²) in [7, 11) is 0. The fourth-order valence-electron chi connectivity index (χ4n) is 5.46. The maximum atomic E-state index is 12.7. The summed E-state index contributed by atoms with van der Waals surface area (Å²) < 4.78 is 31.6. The minimum Gasteiger partial charge on any atom is -0.429 e. The Balaban J connectivity index is 1.48. The molecule has 0 aliphatic carbocycles. The van der Waals surface area contributed by atoms with Gasteiger partial charge in [0.05, 0.1) is 19.8 Å². The summed E-state index contributed by atoms with van der Waals surface area (Å²) in [4.78, 5) is 25.2. The van der Waals surface area contributed by atoms with Crippen molar-refractivity contribution in [1.82, 2.24) is 0 Å². The molecule has 320 valence electrons. The summed E-state index contributed by atoms with van der Waals surface area (Å²) in [6, 6.07) is 0. The minimum absolute atomic E-state index is 0.0944. The Labute approximate surface area is 328 Å². The van der Waals surface area contributed by atoms with Crippen LogP contribution >= 0.6 is 0 Å². The largest absolute Gasteiger partial charge is 0.429 e. The minimum atomic E-state index is -1.83. The number of hydrogen-bond donors (Lipinski definition) is 11. The molecule has 3 aliphatic heterocycles. The van der Waals surface area contributed by atoms with Gasteiger partial charge in [-0.15, -0.1) is 0 Å². The van der Waals surface area contributed by atoms with Crippen molar-refractivity contribution in [2.75, 3.05) is 19.8 Å². The van der Waals surface area contributed by atoms with Crippen molar-refractivity contribution in [3.63, 3.8) is 0 Å². The predicted octanol–water partition coefficient (Wildman–Crippen LogP) is -3.05. The third-order valence-corrected chi connectivity index (χ3v) is 9.12. The van der Waals surface area contributed by atoms with E-state index in [2.05, 4.69) is 0 Å². The van der Waals surface area contributed by atoms with Crippen LogP contribution in [0.15, 0.2) is 83.1 Å². The van der Waals surface area contributed by atoms with Crippen molar-refractivity contribution in [2.45, 2.75) is 120 Å². The molecule has 3 saturated heterocycles. The van der Waals surface area contributed by atoms with E-state index in [-0.39, 0.29) is 11.1 Å². The van der Waals surface area contributed by atoms with Crippen LogP contribution < -0.4 is 0 Å². The quantitative estimate of drug-likeness (QED) is 0.0445. The molecule has 15 atom stereocenters. The summed E-state index contributed by atoms with van der Waals surface area (Å²) in [5.74, 6) is -1.75. The third-order valence-electron chi connectivity index (χ3n) is 9.12. The van der Waals surface area contributed by atoms with Gasteiger partial charge in [-0.3, -0.25) is 0 Å². The van der Waals surface area contributed by atoms with Gasteiger partial charge in [0.15, 0.2) is 6.29 Å². The molecule has 3 heterocycles. The first-order chi connectivity index (χ1) is 26.9. The highest BCUT2D eigenvalue weighted by molar-refractivity contribution is 5.88. The fourth-order valence-corrected chi connectivity index (χ4v) is 5.46. The number of rotatable bonds is 15. The van der Waals surface area contributed by atoms with Crippen LogP contribution in [0.5, 0.6) is 0 Å². The molecule has 3 rings (SSSR count). The predicted molar refractivity (Wildman–Crippen MR) is 195 cm³/mol. The van der Waals surface area contributed by atoms with Crippen molar-refractivity contribution in [1.29, 1.82) is 0 Å². The molecule has 0 saturated carbocycles. The monoisotopic (exact) mass is 814 g/mol. The van der Waals surface area contributed by atoms with Crippen LogP contribution in [0.3, 0.4) is 0 Å². The summed E-state index contributed by atoms with van der Waals surface area (Å²) in [5.41, 5.74) is 1.86. The van der Waals surface area contributed by atoms with Gasteiger partial charge in [0.1, 0.15) is 73.2 Å². The van der Waals surface area contributed by atoms with Gasteiger partial charge in [0, 0.05) is 11.1 Å². The van der Waals surface area contributed by atoms with Crippen molar-refractivity contribution < 1.29 is 94.2 Å². The summed E-state index contributed by atoms with van der Waals surface area (Å²) in [6.45, 7) is 4.59. The molecule has 0 amide bonds. The van der Waals surface area contributed by atoms with Crippen LogP contribution in [0.1, 0.15) is 27.7 Å². The van der Waals surface area contributed by atoms with Gasteiger partial charge in [-0.25, -0.2) is 9.59 Å². The lowest BCUT2D eigenvalue weighted by Crippen LogP contribution is -2.61. The molecule has 11 N–H and O–H groups in total. The van der Waals surface area contributed by atoms with Crippen LogP contribution in [0.2, 0.25) is 0 Å². The zero-order valence-corrected chi connectivity index (χ0v) is 31.7. The second-order valence-corrected chi connectivity index (χ2v) is 13.7. The molecule has 0 bridgehead atoms. The molecule has 0 aromatic carbocycles. The third kappa shape index (κ3) is 13.3. The van der Waals surface area contributed by atoms with Crippen molar-refractivity contribution in [3.05, 3.63) is 83.1 Å². The van der Waals surface area contributed by atoms with E-state index in [0.29, 0.717) is 0 Å². The highest BCUT2D eigenvalue weighted by Crippen LogP contribution is 2.27. The van der Waals surface area contributed by atoms with Gasteiger partial charge in [-0.1, -0.05) is 71.9 Å². The van der Waals surface area contributed by atoms with Crippen LogP contribution in [0.25, 0.3) is 0 Å². The summed E-state index contributed by atoms with van der Waals surface area (Å²) >= 11 is 0. The Morgan fingerprint density at radius 1 is 0.474 bits per heavy atom. The molecule has 3 aliphatic rings. The first kappa shape index (κ1) is 47.9. The fraction of sp³-hybridized carbons (Fsp3) is 0.579. The summed E-state index contributed by atoms with van der Waals surface area (Å²) in [5, 5.41) is 110. The second-order valence-electron chi connectivity index (χ2n) is 13.7. The van der Waals surface area contributed by atoms with Crippen molar-refractivity contribution in [2.24, 2.45) is 0 Å². The van der Waals surface area contributed by atoms with Gasteiger partial charge in [0.2, 0.25) is 12.6 Å². The highest BCUT2D eigenvalue weighted by atomic mass is 16.7. The number of esters is 2. The Bertz CT molecular complexity index is 1550. The maximum Gasteiger partial charge on any atom is 0.336 e. The number of hydrogen-bond acceptors (Lipinski definition) is 19. The highest BCUT2D eigenvalue weighted by Gasteiger charge is 2.48. The Morgan fingerprint density at radius 2 is 0.825 bits per heavy atom. The van der Waals surface area contributed by atoms with Crippen molar-refractivity contribution in [3.8, 4) is 0 Å². The maximum absolute atomic E-state index is 12.7. The average Bonchev–Trinajstić information content (AvgIpc) is 3.18. The lowest BCUT2D eigenvalue weighted by Gasteiger charge is -2.42. The summed E-state index contributed by atoms with van der Waals surface area (Å²) in [6.07, 6.45) is -7.55. The van der Waals surface area contributed by atoms with Gasteiger partial charge in [-0.05, 0) is 27.7 Å². The molecular formula is C38H54O19. The number of carbonyl (C=O) groups is 2. The molecule has 0 aromatic rings. The SMILES string of the molecule is CC(C=CC=C(C)C(=O)OC1OC(CO)C(O)C(O)C1O)=C/C=C/C=C(C)/C=C/C=C(\C)C(=O)OC1OC(COC2OC(CO)C(O)C(O)C2O)C(O)C(O)C1O. The van der Waals surface area contributed by atoms with Gasteiger partial charge >= 0.3 is 11.9 Å². The standard InChI is InChI=1S/C38H54O19/c1-18(11-7-13-20(3)34(50)56-37-32(48)29(45)26(42)23(16-40)54-37)9-5-6-10-19(2)12-8-14-21(4)35(51)57-38-33(49)30(46)27(43)24(55-38)17-52-36-31(47)28(44)25(41)22(15-39)53-36/h5-14,22-33,36-49H,15-17H2,1-4H3/b6-5+,11-7?,12-8+,18-9?,19-10+,20-13?,21-14+. The van der Waals surface area contributed by atoms with E-state index < -0.39 is 124 Å². The number of ether oxygens (including phenoxy) is 6. The molecule has 19 nitrogen and oxygen atoms in total. The number of aliphatic hydroxyl groups is 11. The van der Waals surface area contributed by atoms with Gasteiger partial charge < -0.3 is 84.6 Å². The van der Waals surface area contributed by atoms with Gasteiger partial charge in [0.25, 0.3) is 0 Å². The van der Waals surface area contributed by atoms with Crippen LogP contribution in [0.4, 0.5) is 0 Å². The van der Waals surface area contributed by atoms with E-state index >= 15 is 0 Å². The zero-order chi connectivity index (χ0) is 42.6. The van der Waals surface area contributed by atoms with E-state index in [4.69, 9.17) is 28.4 Å². The zero-order valence-electron chi connectivity index (χ0n) is 31.7. The van der Waals surface area contributed by atoms with E-state index in [9.17, 15) is 65.8 Å². The van der Waals surface area contributed by atoms with Crippen molar-refractivity contribution >= 4 is 11.9 Å². The first-order valence-electron chi connectivity index (χ1n) is 18.0. The molecule has 19 heteroatoms. The Kier molecular flexibility index (Phi) is 19.0. The normalized spacial score (nSPS) is 37.6. The lowest BCUT2D eigenvalue weighted by molar-refractivity contribution is -0.326.